The number of ether oxygens (including phenoxy) is 1. The third kappa shape index (κ3) is 2.59. The Kier molecular flexibility index (Phi) is 3.66. The van der Waals surface area contributed by atoms with Crippen molar-refractivity contribution in [3.63, 3.8) is 0 Å². The van der Waals surface area contributed by atoms with Gasteiger partial charge in [0.1, 0.15) is 5.75 Å². The number of tetrazole rings is 1. The summed E-state index contributed by atoms with van der Waals surface area (Å²) in [5.74, 6) is 1.44. The Morgan fingerprint density at radius 3 is 3.06 bits per heavy atom. The van der Waals surface area contributed by atoms with Gasteiger partial charge in [-0.05, 0) is 29.0 Å². The summed E-state index contributed by atoms with van der Waals surface area (Å²) < 4.78 is 6.83. The van der Waals surface area contributed by atoms with Gasteiger partial charge in [-0.1, -0.05) is 12.1 Å². The first-order valence-corrected chi connectivity index (χ1v) is 5.36. The molecular formula is C11H14N4O2. The first-order chi connectivity index (χ1) is 8.35. The minimum Gasteiger partial charge on any atom is -0.497 e. The molecular weight excluding hydrogens is 220 g/mol. The van der Waals surface area contributed by atoms with Gasteiger partial charge in [0, 0.05) is 18.7 Å². The highest BCUT2D eigenvalue weighted by molar-refractivity contribution is 5.57. The van der Waals surface area contributed by atoms with Gasteiger partial charge in [-0.2, -0.15) is 0 Å². The zero-order chi connectivity index (χ0) is 12.1. The van der Waals surface area contributed by atoms with E-state index in [9.17, 15) is 0 Å². The predicted molar refractivity (Wildman–Crippen MR) is 61.5 cm³/mol. The van der Waals surface area contributed by atoms with Crippen molar-refractivity contribution in [2.75, 3.05) is 13.7 Å². The molecule has 0 unspecified atom stereocenters. The molecule has 0 aliphatic heterocycles. The van der Waals surface area contributed by atoms with Crippen molar-refractivity contribution < 1.29 is 9.84 Å². The number of hydrogen-bond donors (Lipinski definition) is 1. The lowest BCUT2D eigenvalue weighted by Crippen LogP contribution is -2.04. The van der Waals surface area contributed by atoms with Crippen molar-refractivity contribution in [3.8, 4) is 17.1 Å². The van der Waals surface area contributed by atoms with Crippen LogP contribution in [0.4, 0.5) is 0 Å². The number of nitrogens with zero attached hydrogens (tertiary/aromatic N) is 4. The zero-order valence-electron chi connectivity index (χ0n) is 9.58. The average molecular weight is 234 g/mol. The van der Waals surface area contributed by atoms with Crippen LogP contribution in [-0.2, 0) is 6.54 Å². The first-order valence-electron chi connectivity index (χ1n) is 5.36. The highest BCUT2D eigenvalue weighted by atomic mass is 16.5. The highest BCUT2D eigenvalue weighted by Crippen LogP contribution is 2.21. The molecule has 0 saturated carbocycles. The summed E-state index contributed by atoms with van der Waals surface area (Å²) in [6.45, 7) is 0.716. The van der Waals surface area contributed by atoms with Crippen LogP contribution in [0.2, 0.25) is 0 Å². The Morgan fingerprint density at radius 2 is 2.29 bits per heavy atom. The Balaban J connectivity index is 2.28. The van der Waals surface area contributed by atoms with Crippen LogP contribution in [0.3, 0.4) is 0 Å². The Labute approximate surface area is 98.8 Å². The first kappa shape index (κ1) is 11.5. The summed E-state index contributed by atoms with van der Waals surface area (Å²) >= 11 is 0. The van der Waals surface area contributed by atoms with Crippen LogP contribution in [-0.4, -0.2) is 39.0 Å². The second-order valence-corrected chi connectivity index (χ2v) is 3.53. The molecule has 1 heterocycles. The van der Waals surface area contributed by atoms with Gasteiger partial charge in [0.2, 0.25) is 0 Å². The van der Waals surface area contributed by atoms with E-state index < -0.39 is 0 Å². The minimum absolute atomic E-state index is 0.122. The Morgan fingerprint density at radius 1 is 1.41 bits per heavy atom. The van der Waals surface area contributed by atoms with Gasteiger partial charge in [-0.25, -0.2) is 4.68 Å². The minimum atomic E-state index is 0.122. The van der Waals surface area contributed by atoms with Gasteiger partial charge in [-0.3, -0.25) is 0 Å². The number of rotatable bonds is 5. The van der Waals surface area contributed by atoms with Gasteiger partial charge >= 0.3 is 0 Å². The predicted octanol–water partition coefficient (Wildman–Crippen LogP) is 0.731. The fraction of sp³-hybridized carbons (Fsp3) is 0.364. The lowest BCUT2D eigenvalue weighted by molar-refractivity contribution is 0.276. The van der Waals surface area contributed by atoms with E-state index in [-0.39, 0.29) is 6.61 Å². The number of methoxy groups -OCH3 is 1. The molecule has 0 atom stereocenters. The molecule has 1 N–H and O–H groups in total. The standard InChI is InChI=1S/C11H14N4O2/c1-17-10-5-2-4-9(8-10)11-12-13-14-15(11)6-3-7-16/h2,4-5,8,16H,3,6-7H2,1H3. The largest absolute Gasteiger partial charge is 0.497 e. The van der Waals surface area contributed by atoms with E-state index in [1.807, 2.05) is 24.3 Å². The topological polar surface area (TPSA) is 73.1 Å². The summed E-state index contributed by atoms with van der Waals surface area (Å²) in [5.41, 5.74) is 0.896. The molecule has 17 heavy (non-hydrogen) atoms. The summed E-state index contributed by atoms with van der Waals surface area (Å²) in [5, 5.41) is 20.3. The van der Waals surface area contributed by atoms with Gasteiger partial charge in [0.15, 0.2) is 5.82 Å². The molecule has 1 aromatic heterocycles. The molecule has 0 aliphatic rings. The zero-order valence-corrected chi connectivity index (χ0v) is 9.58. The van der Waals surface area contributed by atoms with Crippen LogP contribution in [0.15, 0.2) is 24.3 Å². The molecule has 0 fully saturated rings. The fourth-order valence-corrected chi connectivity index (χ4v) is 1.54. The molecule has 1 aromatic carbocycles. The molecule has 0 amide bonds. The van der Waals surface area contributed by atoms with E-state index in [2.05, 4.69) is 15.5 Å². The fourth-order valence-electron chi connectivity index (χ4n) is 1.54. The smallest absolute Gasteiger partial charge is 0.182 e. The Hall–Kier alpha value is -1.95. The van der Waals surface area contributed by atoms with E-state index in [1.165, 1.54) is 0 Å². The summed E-state index contributed by atoms with van der Waals surface area (Å²) in [7, 11) is 1.62. The number of aliphatic hydroxyl groups is 1. The van der Waals surface area contributed by atoms with Gasteiger partial charge in [0.25, 0.3) is 0 Å². The van der Waals surface area contributed by atoms with Gasteiger partial charge < -0.3 is 9.84 Å². The Bertz CT molecular complexity index is 484. The normalized spacial score (nSPS) is 10.5. The highest BCUT2D eigenvalue weighted by Gasteiger charge is 2.08. The van der Waals surface area contributed by atoms with Gasteiger partial charge in [0.05, 0.1) is 7.11 Å². The summed E-state index contributed by atoms with van der Waals surface area (Å²) in [6.07, 6.45) is 0.627. The number of aliphatic hydroxyl groups excluding tert-OH is 1. The molecule has 0 aliphatic carbocycles. The molecule has 0 saturated heterocycles. The van der Waals surface area contributed by atoms with Crippen LogP contribution in [0.1, 0.15) is 6.42 Å². The van der Waals surface area contributed by atoms with Crippen molar-refractivity contribution in [1.82, 2.24) is 20.2 Å². The third-order valence-electron chi connectivity index (χ3n) is 2.39. The molecule has 2 rings (SSSR count). The van der Waals surface area contributed by atoms with Crippen molar-refractivity contribution in [2.45, 2.75) is 13.0 Å². The van der Waals surface area contributed by atoms with Crippen molar-refractivity contribution in [3.05, 3.63) is 24.3 Å². The monoisotopic (exact) mass is 234 g/mol. The van der Waals surface area contributed by atoms with E-state index in [0.29, 0.717) is 18.8 Å². The number of aromatic nitrogens is 4. The van der Waals surface area contributed by atoms with E-state index in [0.717, 1.165) is 11.3 Å². The molecule has 6 nitrogen and oxygen atoms in total. The van der Waals surface area contributed by atoms with Crippen molar-refractivity contribution in [1.29, 1.82) is 0 Å². The molecule has 0 radical (unpaired) electrons. The average Bonchev–Trinajstić information content (AvgIpc) is 2.84. The SMILES string of the molecule is COc1cccc(-c2nnnn2CCCO)c1. The molecule has 0 spiro atoms. The number of aryl methyl sites for hydroxylation is 1. The number of hydrogen-bond acceptors (Lipinski definition) is 5. The molecule has 90 valence electrons. The second-order valence-electron chi connectivity index (χ2n) is 3.53. The molecule has 6 heteroatoms. The maximum Gasteiger partial charge on any atom is 0.182 e. The second kappa shape index (κ2) is 5.40. The van der Waals surface area contributed by atoms with E-state index in [1.54, 1.807) is 11.8 Å². The van der Waals surface area contributed by atoms with Crippen LogP contribution < -0.4 is 4.74 Å². The van der Waals surface area contributed by atoms with Crippen molar-refractivity contribution in [2.24, 2.45) is 0 Å². The maximum absolute atomic E-state index is 8.81. The summed E-state index contributed by atoms with van der Waals surface area (Å²) in [4.78, 5) is 0. The van der Waals surface area contributed by atoms with E-state index >= 15 is 0 Å². The van der Waals surface area contributed by atoms with Crippen LogP contribution in [0.25, 0.3) is 11.4 Å². The quantitative estimate of drug-likeness (QED) is 0.825. The summed E-state index contributed by atoms with van der Waals surface area (Å²) in [6, 6.07) is 7.55. The van der Waals surface area contributed by atoms with Gasteiger partial charge in [-0.15, -0.1) is 5.10 Å². The lowest BCUT2D eigenvalue weighted by Gasteiger charge is -2.05. The van der Waals surface area contributed by atoms with E-state index in [4.69, 9.17) is 9.84 Å². The molecule has 0 bridgehead atoms. The van der Waals surface area contributed by atoms with Crippen LogP contribution in [0.5, 0.6) is 5.75 Å². The van der Waals surface area contributed by atoms with Crippen LogP contribution >= 0.6 is 0 Å². The van der Waals surface area contributed by atoms with Crippen LogP contribution in [0, 0.1) is 0 Å². The lowest BCUT2D eigenvalue weighted by atomic mass is 10.2. The molecule has 2 aromatic rings. The third-order valence-corrected chi connectivity index (χ3v) is 2.39. The van der Waals surface area contributed by atoms with Crippen molar-refractivity contribution >= 4 is 0 Å². The maximum atomic E-state index is 8.81. The number of benzene rings is 1.